The molecule has 14 rings (SSSR count). The lowest BCUT2D eigenvalue weighted by Gasteiger charge is -2.12. The van der Waals surface area contributed by atoms with Gasteiger partial charge in [-0.25, -0.2) is 0 Å². The maximum atomic E-state index is 2.45. The fourth-order valence-corrected chi connectivity index (χ4v) is 10.9. The Balaban J connectivity index is 0.840. The summed E-state index contributed by atoms with van der Waals surface area (Å²) in [5, 5.41) is 10.2. The lowest BCUT2D eigenvalue weighted by atomic mass is 9.95. The van der Waals surface area contributed by atoms with Crippen LogP contribution in [0.2, 0.25) is 0 Å². The molecule has 0 bridgehead atoms. The normalized spacial score (nSPS) is 12.1. The van der Waals surface area contributed by atoms with Crippen molar-refractivity contribution in [2.24, 2.45) is 0 Å². The van der Waals surface area contributed by atoms with Gasteiger partial charge in [0.25, 0.3) is 0 Å². The minimum atomic E-state index is 1.15. The van der Waals surface area contributed by atoms with Crippen LogP contribution in [0.15, 0.2) is 231 Å². The Bertz CT molecular complexity index is 4050. The van der Waals surface area contributed by atoms with Crippen LogP contribution in [0, 0.1) is 0 Å². The Morgan fingerprint density at radius 2 is 0.812 bits per heavy atom. The summed E-state index contributed by atoms with van der Waals surface area (Å²) >= 11 is 0. The Kier molecular flexibility index (Phi) is 7.43. The van der Waals surface area contributed by atoms with E-state index in [4.69, 9.17) is 0 Å². The second kappa shape index (κ2) is 13.5. The third kappa shape index (κ3) is 5.14. The van der Waals surface area contributed by atoms with Gasteiger partial charge in [-0.1, -0.05) is 170 Å². The molecule has 2 nitrogen and oxygen atoms in total. The fraction of sp³-hybridized carbons (Fsp3) is 0. The molecule has 0 spiro atoms. The fourth-order valence-electron chi connectivity index (χ4n) is 10.9. The van der Waals surface area contributed by atoms with E-state index >= 15 is 0 Å². The van der Waals surface area contributed by atoms with Crippen LogP contribution in [0.25, 0.3) is 132 Å². The summed E-state index contributed by atoms with van der Waals surface area (Å²) in [5.74, 6) is 0. The lowest BCUT2D eigenvalue weighted by Crippen LogP contribution is -1.94. The van der Waals surface area contributed by atoms with Crippen LogP contribution in [0.1, 0.15) is 0 Å². The molecule has 0 unspecified atom stereocenters. The van der Waals surface area contributed by atoms with Crippen LogP contribution in [0.3, 0.4) is 0 Å². The highest BCUT2D eigenvalue weighted by Gasteiger charge is 2.22. The standard InChI is InChI=1S/C62H38N2/c1-2-16-47(17-3-1)64-60-38-46(27-32-52(60)55-33-25-40-11-4-5-18-49(40)62(55)64)45-28-34-59-57(37-45)51-19-6-7-22-58(51)63(59)48-29-23-39(24-30-48)42-14-8-15-43(35-42)44-26-31-50-53-20-9-12-41-13-10-21-54(61(41)53)56(50)36-44/h1-38H. The molecule has 11 aromatic carbocycles. The van der Waals surface area contributed by atoms with Crippen LogP contribution in [-0.4, -0.2) is 9.13 Å². The SMILES string of the molecule is c1ccc(-n2c3cc(-c4ccc5c(c4)c4ccccc4n5-c4ccc(-c5cccc(-c6ccc7c(c6)-c6cccc8cccc-7c68)c5)cc4)ccc3c3ccc4ccccc4c32)cc1. The van der Waals surface area contributed by atoms with Gasteiger partial charge in [-0.2, -0.15) is 0 Å². The molecular weight excluding hydrogens is 773 g/mol. The summed E-state index contributed by atoms with van der Waals surface area (Å²) in [6.07, 6.45) is 0. The molecule has 0 fully saturated rings. The Labute approximate surface area is 370 Å². The highest BCUT2D eigenvalue weighted by atomic mass is 15.0. The van der Waals surface area contributed by atoms with Crippen molar-refractivity contribution in [3.63, 3.8) is 0 Å². The molecule has 2 heteroatoms. The molecule has 296 valence electrons. The van der Waals surface area contributed by atoms with Gasteiger partial charge in [0, 0.05) is 38.3 Å². The number of benzene rings is 11. The van der Waals surface area contributed by atoms with Crippen molar-refractivity contribution >= 4 is 65.2 Å². The van der Waals surface area contributed by atoms with E-state index in [1.165, 1.54) is 121 Å². The number of rotatable bonds is 5. The zero-order valence-electron chi connectivity index (χ0n) is 34.8. The summed E-state index contributed by atoms with van der Waals surface area (Å²) in [5.41, 5.74) is 19.7. The Morgan fingerprint density at radius 1 is 0.234 bits per heavy atom. The molecule has 1 aliphatic carbocycles. The number of nitrogens with zero attached hydrogens (tertiary/aromatic N) is 2. The minimum absolute atomic E-state index is 1.15. The first-order chi connectivity index (χ1) is 31.7. The van der Waals surface area contributed by atoms with Crippen molar-refractivity contribution in [3.05, 3.63) is 231 Å². The van der Waals surface area contributed by atoms with Gasteiger partial charge in [0.05, 0.1) is 22.1 Å². The number of fused-ring (bicyclic) bond motifs is 11. The van der Waals surface area contributed by atoms with E-state index in [0.29, 0.717) is 0 Å². The lowest BCUT2D eigenvalue weighted by molar-refractivity contribution is 1.18. The first kappa shape index (κ1) is 35.2. The van der Waals surface area contributed by atoms with Crippen LogP contribution < -0.4 is 0 Å². The summed E-state index contributed by atoms with van der Waals surface area (Å²) in [6, 6.07) is 85.2. The van der Waals surface area contributed by atoms with E-state index in [2.05, 4.69) is 240 Å². The van der Waals surface area contributed by atoms with Gasteiger partial charge in [-0.3, -0.25) is 0 Å². The van der Waals surface area contributed by atoms with Crippen molar-refractivity contribution < 1.29 is 0 Å². The van der Waals surface area contributed by atoms with Gasteiger partial charge in [0.15, 0.2) is 0 Å². The number of hydrogen-bond acceptors (Lipinski definition) is 0. The Hall–Kier alpha value is -8.46. The smallest absolute Gasteiger partial charge is 0.0619 e. The van der Waals surface area contributed by atoms with Crippen molar-refractivity contribution in [1.82, 2.24) is 9.13 Å². The molecule has 0 atom stereocenters. The molecule has 0 amide bonds. The van der Waals surface area contributed by atoms with E-state index in [9.17, 15) is 0 Å². The molecule has 2 heterocycles. The predicted molar refractivity (Wildman–Crippen MR) is 271 cm³/mol. The Morgan fingerprint density at radius 3 is 1.67 bits per heavy atom. The van der Waals surface area contributed by atoms with E-state index in [0.717, 1.165) is 11.4 Å². The number of aromatic nitrogens is 2. The average Bonchev–Trinajstić information content (AvgIpc) is 4.00. The number of hydrogen-bond donors (Lipinski definition) is 0. The third-order valence-electron chi connectivity index (χ3n) is 13.8. The number of para-hydroxylation sites is 2. The molecule has 0 saturated carbocycles. The second-order valence-electron chi connectivity index (χ2n) is 17.3. The van der Waals surface area contributed by atoms with E-state index < -0.39 is 0 Å². The maximum Gasteiger partial charge on any atom is 0.0619 e. The van der Waals surface area contributed by atoms with Crippen LogP contribution in [0.4, 0.5) is 0 Å². The summed E-state index contributed by atoms with van der Waals surface area (Å²) in [6.45, 7) is 0. The molecule has 0 N–H and O–H groups in total. The zero-order chi connectivity index (χ0) is 41.9. The van der Waals surface area contributed by atoms with E-state index in [-0.39, 0.29) is 0 Å². The largest absolute Gasteiger partial charge is 0.309 e. The molecule has 64 heavy (non-hydrogen) atoms. The predicted octanol–water partition coefficient (Wildman–Crippen LogP) is 16.8. The van der Waals surface area contributed by atoms with Crippen molar-refractivity contribution in [2.75, 3.05) is 0 Å². The van der Waals surface area contributed by atoms with Gasteiger partial charge >= 0.3 is 0 Å². The molecule has 1 aliphatic rings. The van der Waals surface area contributed by atoms with E-state index in [1.54, 1.807) is 0 Å². The van der Waals surface area contributed by atoms with Crippen molar-refractivity contribution in [3.8, 4) is 67.0 Å². The minimum Gasteiger partial charge on any atom is -0.309 e. The topological polar surface area (TPSA) is 9.86 Å². The highest BCUT2D eigenvalue weighted by Crippen LogP contribution is 2.48. The first-order valence-corrected chi connectivity index (χ1v) is 22.2. The molecule has 0 aliphatic heterocycles. The molecule has 0 radical (unpaired) electrons. The second-order valence-corrected chi connectivity index (χ2v) is 17.3. The van der Waals surface area contributed by atoms with Gasteiger partial charge in [-0.15, -0.1) is 0 Å². The summed E-state index contributed by atoms with van der Waals surface area (Å²) in [7, 11) is 0. The first-order valence-electron chi connectivity index (χ1n) is 22.2. The van der Waals surface area contributed by atoms with Crippen molar-refractivity contribution in [1.29, 1.82) is 0 Å². The van der Waals surface area contributed by atoms with Gasteiger partial charge in [-0.05, 0) is 132 Å². The van der Waals surface area contributed by atoms with Crippen molar-refractivity contribution in [2.45, 2.75) is 0 Å². The summed E-state index contributed by atoms with van der Waals surface area (Å²) in [4.78, 5) is 0. The quantitative estimate of drug-likeness (QED) is 0.164. The summed E-state index contributed by atoms with van der Waals surface area (Å²) < 4.78 is 4.87. The van der Waals surface area contributed by atoms with Gasteiger partial charge in [0.2, 0.25) is 0 Å². The average molecular weight is 811 g/mol. The molecular formula is C62H38N2. The highest BCUT2D eigenvalue weighted by molar-refractivity contribution is 6.20. The monoisotopic (exact) mass is 810 g/mol. The maximum absolute atomic E-state index is 2.45. The molecule has 2 aromatic heterocycles. The molecule has 0 saturated heterocycles. The third-order valence-corrected chi connectivity index (χ3v) is 13.8. The molecule has 13 aromatic rings. The van der Waals surface area contributed by atoms with Gasteiger partial charge in [0.1, 0.15) is 0 Å². The zero-order valence-corrected chi connectivity index (χ0v) is 34.8. The van der Waals surface area contributed by atoms with Crippen LogP contribution in [-0.2, 0) is 0 Å². The van der Waals surface area contributed by atoms with Gasteiger partial charge < -0.3 is 9.13 Å². The van der Waals surface area contributed by atoms with Crippen LogP contribution in [0.5, 0.6) is 0 Å². The van der Waals surface area contributed by atoms with Crippen LogP contribution >= 0.6 is 0 Å². The van der Waals surface area contributed by atoms with E-state index in [1.807, 2.05) is 0 Å².